The van der Waals surface area contributed by atoms with Crippen molar-refractivity contribution in [3.05, 3.63) is 53.1 Å². The predicted molar refractivity (Wildman–Crippen MR) is 98.9 cm³/mol. The minimum atomic E-state index is -0.405. The van der Waals surface area contributed by atoms with Gasteiger partial charge in [0, 0.05) is 25.0 Å². The zero-order valence-corrected chi connectivity index (χ0v) is 15.2. The van der Waals surface area contributed by atoms with E-state index in [1.165, 1.54) is 18.8 Å². The third kappa shape index (κ3) is 3.81. The summed E-state index contributed by atoms with van der Waals surface area (Å²) >= 11 is 0. The average molecular weight is 369 g/mol. The summed E-state index contributed by atoms with van der Waals surface area (Å²) < 4.78 is 12.8. The smallest absolute Gasteiger partial charge is 0.346 e. The van der Waals surface area contributed by atoms with Gasteiger partial charge < -0.3 is 14.8 Å². The topological polar surface area (TPSA) is 100 Å². The molecule has 0 saturated heterocycles. The van der Waals surface area contributed by atoms with E-state index in [2.05, 4.69) is 15.4 Å². The van der Waals surface area contributed by atoms with E-state index < -0.39 is 11.6 Å². The van der Waals surface area contributed by atoms with Crippen LogP contribution in [0.2, 0.25) is 0 Å². The highest BCUT2D eigenvalue weighted by Gasteiger charge is 2.15. The van der Waals surface area contributed by atoms with Crippen molar-refractivity contribution in [2.75, 3.05) is 19.5 Å². The van der Waals surface area contributed by atoms with Gasteiger partial charge in [0.2, 0.25) is 5.91 Å². The molecule has 0 aliphatic rings. The molecule has 0 spiro atoms. The molecule has 140 valence electrons. The van der Waals surface area contributed by atoms with E-state index >= 15 is 0 Å². The molecule has 0 saturated carbocycles. The number of aromatic nitrogens is 4. The lowest BCUT2D eigenvalue weighted by Gasteiger charge is -2.10. The molecule has 9 heteroatoms. The molecule has 27 heavy (non-hydrogen) atoms. The summed E-state index contributed by atoms with van der Waals surface area (Å²) in [6.07, 6.45) is 1.61. The lowest BCUT2D eigenvalue weighted by molar-refractivity contribution is -0.117. The van der Waals surface area contributed by atoms with Gasteiger partial charge in [-0.15, -0.1) is 5.10 Å². The fourth-order valence-electron chi connectivity index (χ4n) is 2.56. The zero-order valence-electron chi connectivity index (χ0n) is 15.2. The van der Waals surface area contributed by atoms with E-state index in [9.17, 15) is 9.59 Å². The molecule has 9 nitrogen and oxygen atoms in total. The first kappa shape index (κ1) is 18.2. The number of nitrogens with one attached hydrogen (secondary N) is 1. The van der Waals surface area contributed by atoms with Crippen molar-refractivity contribution in [2.24, 2.45) is 7.05 Å². The number of methoxy groups -OCH3 is 2. The van der Waals surface area contributed by atoms with Crippen LogP contribution in [0.3, 0.4) is 0 Å². The van der Waals surface area contributed by atoms with Crippen LogP contribution in [0.15, 0.2) is 47.4 Å². The van der Waals surface area contributed by atoms with Crippen molar-refractivity contribution < 1.29 is 14.3 Å². The van der Waals surface area contributed by atoms with Gasteiger partial charge in [0.1, 0.15) is 12.2 Å². The normalized spacial score (nSPS) is 10.5. The molecule has 3 rings (SSSR count). The first-order valence-electron chi connectivity index (χ1n) is 8.10. The van der Waals surface area contributed by atoms with Crippen LogP contribution >= 0.6 is 0 Å². The van der Waals surface area contributed by atoms with Crippen LogP contribution < -0.4 is 20.5 Å². The van der Waals surface area contributed by atoms with E-state index in [1.54, 1.807) is 49.6 Å². The molecule has 2 heterocycles. The van der Waals surface area contributed by atoms with Crippen LogP contribution in [0, 0.1) is 0 Å². The maximum Gasteiger partial charge on any atom is 0.346 e. The highest BCUT2D eigenvalue weighted by molar-refractivity contribution is 5.90. The maximum absolute atomic E-state index is 12.4. The van der Waals surface area contributed by atoms with Crippen molar-refractivity contribution in [1.29, 1.82) is 0 Å². The Bertz CT molecular complexity index is 1010. The molecule has 1 N–H and O–H groups in total. The minimum absolute atomic E-state index is 0.228. The number of hydrogen-bond acceptors (Lipinski definition) is 6. The summed E-state index contributed by atoms with van der Waals surface area (Å²) in [5.41, 5.74) is 0.667. The minimum Gasteiger partial charge on any atom is -0.493 e. The highest BCUT2D eigenvalue weighted by atomic mass is 16.5. The molecule has 2 aromatic heterocycles. The summed E-state index contributed by atoms with van der Waals surface area (Å²) in [5, 5.41) is 6.93. The van der Waals surface area contributed by atoms with Gasteiger partial charge in [0.25, 0.3) is 0 Å². The average Bonchev–Trinajstić information content (AvgIpc) is 2.97. The van der Waals surface area contributed by atoms with Crippen molar-refractivity contribution in [3.8, 4) is 23.0 Å². The fourth-order valence-corrected chi connectivity index (χ4v) is 2.56. The Hall–Kier alpha value is -3.62. The van der Waals surface area contributed by atoms with Gasteiger partial charge in [-0.3, -0.25) is 14.3 Å². The first-order valence-corrected chi connectivity index (χ1v) is 8.10. The SMILES string of the molecule is COc1ccc(NC(=O)Cn2nc(-c3ccccn3)n(C)c2=O)cc1OC. The molecule has 0 radical (unpaired) electrons. The number of hydrogen-bond donors (Lipinski definition) is 1. The summed E-state index contributed by atoms with van der Waals surface area (Å²) in [6.45, 7) is -0.228. The third-order valence-corrected chi connectivity index (χ3v) is 3.90. The molecular formula is C18H19N5O4. The number of anilines is 1. The van der Waals surface area contributed by atoms with Crippen molar-refractivity contribution in [2.45, 2.75) is 6.54 Å². The Morgan fingerprint density at radius 3 is 2.59 bits per heavy atom. The largest absolute Gasteiger partial charge is 0.493 e. The van der Waals surface area contributed by atoms with Gasteiger partial charge in [0.05, 0.1) is 14.2 Å². The Morgan fingerprint density at radius 1 is 1.15 bits per heavy atom. The lowest BCUT2D eigenvalue weighted by Crippen LogP contribution is -2.29. The number of carbonyl (C=O) groups excluding carboxylic acids is 1. The molecule has 1 aromatic carbocycles. The second-order valence-corrected chi connectivity index (χ2v) is 5.66. The van der Waals surface area contributed by atoms with Gasteiger partial charge in [-0.25, -0.2) is 9.48 Å². The van der Waals surface area contributed by atoms with Crippen LogP contribution in [-0.4, -0.2) is 39.5 Å². The van der Waals surface area contributed by atoms with Gasteiger partial charge >= 0.3 is 5.69 Å². The number of rotatable bonds is 6. The number of carbonyl (C=O) groups is 1. The van der Waals surface area contributed by atoms with Crippen LogP contribution in [0.5, 0.6) is 11.5 Å². The number of ether oxygens (including phenoxy) is 2. The Labute approximate surface area is 155 Å². The van der Waals surface area contributed by atoms with E-state index in [1.807, 2.05) is 0 Å². The molecule has 1 amide bonds. The molecule has 0 atom stereocenters. The van der Waals surface area contributed by atoms with E-state index in [4.69, 9.17) is 9.47 Å². The molecule has 0 fully saturated rings. The second kappa shape index (κ2) is 7.73. The molecule has 0 unspecified atom stereocenters. The van der Waals surface area contributed by atoms with Crippen LogP contribution in [0.25, 0.3) is 11.5 Å². The first-order chi connectivity index (χ1) is 13.0. The van der Waals surface area contributed by atoms with Crippen LogP contribution in [0.4, 0.5) is 5.69 Å². The lowest BCUT2D eigenvalue weighted by atomic mass is 10.2. The molecule has 0 aliphatic heterocycles. The maximum atomic E-state index is 12.4. The molecule has 3 aromatic rings. The fraction of sp³-hybridized carbons (Fsp3) is 0.222. The molecule has 0 bridgehead atoms. The quantitative estimate of drug-likeness (QED) is 0.703. The zero-order chi connectivity index (χ0) is 19.4. The Morgan fingerprint density at radius 2 is 1.93 bits per heavy atom. The monoisotopic (exact) mass is 369 g/mol. The van der Waals surface area contributed by atoms with Gasteiger partial charge in [-0.2, -0.15) is 0 Å². The van der Waals surface area contributed by atoms with E-state index in [0.717, 1.165) is 4.68 Å². The highest BCUT2D eigenvalue weighted by Crippen LogP contribution is 2.29. The van der Waals surface area contributed by atoms with E-state index in [-0.39, 0.29) is 6.54 Å². The second-order valence-electron chi connectivity index (χ2n) is 5.66. The van der Waals surface area contributed by atoms with Gasteiger partial charge in [-0.1, -0.05) is 6.07 Å². The van der Waals surface area contributed by atoms with Gasteiger partial charge in [0.15, 0.2) is 17.3 Å². The van der Waals surface area contributed by atoms with Crippen molar-refractivity contribution in [3.63, 3.8) is 0 Å². The third-order valence-electron chi connectivity index (χ3n) is 3.90. The molecule has 0 aliphatic carbocycles. The van der Waals surface area contributed by atoms with Crippen LogP contribution in [0.1, 0.15) is 0 Å². The number of nitrogens with zero attached hydrogens (tertiary/aromatic N) is 4. The predicted octanol–water partition coefficient (Wildman–Crippen LogP) is 1.30. The van der Waals surface area contributed by atoms with E-state index in [0.29, 0.717) is 28.7 Å². The summed E-state index contributed by atoms with van der Waals surface area (Å²) in [4.78, 5) is 28.9. The van der Waals surface area contributed by atoms with Crippen molar-refractivity contribution in [1.82, 2.24) is 19.3 Å². The van der Waals surface area contributed by atoms with Gasteiger partial charge in [-0.05, 0) is 24.3 Å². The van der Waals surface area contributed by atoms with Crippen LogP contribution in [-0.2, 0) is 18.4 Å². The number of amides is 1. The number of benzene rings is 1. The summed E-state index contributed by atoms with van der Waals surface area (Å²) in [5.74, 6) is 1.04. The Kier molecular flexibility index (Phi) is 5.20. The Balaban J connectivity index is 1.78. The number of pyridine rings is 1. The summed E-state index contributed by atoms with van der Waals surface area (Å²) in [7, 11) is 4.63. The van der Waals surface area contributed by atoms with Crippen molar-refractivity contribution >= 4 is 11.6 Å². The molecular weight excluding hydrogens is 350 g/mol. The standard InChI is InChI=1S/C18H19N5O4/c1-22-17(13-6-4-5-9-19-13)21-23(18(22)25)11-16(24)20-12-7-8-14(26-2)15(10-12)27-3/h4-10H,11H2,1-3H3,(H,20,24). The summed E-state index contributed by atoms with van der Waals surface area (Å²) in [6, 6.07) is 10.3.